The van der Waals surface area contributed by atoms with Gasteiger partial charge in [-0.25, -0.2) is 4.98 Å². The first-order chi connectivity index (χ1) is 14.7. The van der Waals surface area contributed by atoms with E-state index >= 15 is 0 Å². The van der Waals surface area contributed by atoms with Crippen LogP contribution in [0.4, 0.5) is 5.13 Å². The molecular formula is C22H21N3O3S2. The molecule has 5 rings (SSSR count). The minimum absolute atomic E-state index is 0.0289. The van der Waals surface area contributed by atoms with Crippen molar-refractivity contribution in [3.8, 4) is 11.5 Å². The van der Waals surface area contributed by atoms with Crippen LogP contribution in [0.1, 0.15) is 5.56 Å². The third-order valence-corrected chi connectivity index (χ3v) is 7.07. The second kappa shape index (κ2) is 8.20. The number of thioether (sulfide) groups is 1. The van der Waals surface area contributed by atoms with Crippen molar-refractivity contribution < 1.29 is 14.3 Å². The monoisotopic (exact) mass is 439 g/mol. The predicted molar refractivity (Wildman–Crippen MR) is 122 cm³/mol. The molecule has 0 spiro atoms. The Balaban J connectivity index is 1.20. The van der Waals surface area contributed by atoms with Gasteiger partial charge in [-0.05, 0) is 48.2 Å². The minimum atomic E-state index is 0.0289. The molecule has 0 aliphatic carbocycles. The van der Waals surface area contributed by atoms with Gasteiger partial charge in [-0.1, -0.05) is 17.4 Å². The van der Waals surface area contributed by atoms with Crippen molar-refractivity contribution >= 4 is 50.4 Å². The SMILES string of the molecule is CSc1ccc2nc(N3CCN(C(=O)/C=C\c4ccc5c(c4)OCO5)CC3)sc2c1. The van der Waals surface area contributed by atoms with Gasteiger partial charge in [0.1, 0.15) is 0 Å². The molecule has 154 valence electrons. The Morgan fingerprint density at radius 1 is 1.10 bits per heavy atom. The van der Waals surface area contributed by atoms with Crippen LogP contribution in [-0.4, -0.2) is 55.0 Å². The number of aromatic nitrogens is 1. The van der Waals surface area contributed by atoms with Crippen LogP contribution in [0.15, 0.2) is 47.4 Å². The van der Waals surface area contributed by atoms with Crippen molar-refractivity contribution in [3.63, 3.8) is 0 Å². The summed E-state index contributed by atoms with van der Waals surface area (Å²) < 4.78 is 11.9. The molecule has 6 nitrogen and oxygen atoms in total. The summed E-state index contributed by atoms with van der Waals surface area (Å²) in [6.07, 6.45) is 5.54. The summed E-state index contributed by atoms with van der Waals surface area (Å²) in [6.45, 7) is 3.21. The number of benzene rings is 2. The maximum absolute atomic E-state index is 12.6. The molecule has 0 saturated carbocycles. The summed E-state index contributed by atoms with van der Waals surface area (Å²) in [4.78, 5) is 22.8. The number of anilines is 1. The largest absolute Gasteiger partial charge is 0.454 e. The second-order valence-electron chi connectivity index (χ2n) is 7.09. The Kier molecular flexibility index (Phi) is 5.26. The topological polar surface area (TPSA) is 54.9 Å². The van der Waals surface area contributed by atoms with E-state index in [1.165, 1.54) is 9.60 Å². The molecule has 0 atom stereocenters. The number of ether oxygens (including phenoxy) is 2. The summed E-state index contributed by atoms with van der Waals surface area (Å²) in [5.41, 5.74) is 1.96. The van der Waals surface area contributed by atoms with Crippen LogP contribution in [0, 0.1) is 0 Å². The molecule has 2 aliphatic rings. The van der Waals surface area contributed by atoms with E-state index in [0.717, 1.165) is 40.8 Å². The van der Waals surface area contributed by atoms with Gasteiger partial charge in [-0.3, -0.25) is 4.79 Å². The number of fused-ring (bicyclic) bond motifs is 2. The smallest absolute Gasteiger partial charge is 0.246 e. The summed E-state index contributed by atoms with van der Waals surface area (Å²) in [6, 6.07) is 12.1. The zero-order valence-corrected chi connectivity index (χ0v) is 18.2. The number of thiazole rings is 1. The third kappa shape index (κ3) is 3.85. The van der Waals surface area contributed by atoms with Crippen molar-refractivity contribution in [2.75, 3.05) is 44.1 Å². The highest BCUT2D eigenvalue weighted by atomic mass is 32.2. The van der Waals surface area contributed by atoms with Gasteiger partial charge >= 0.3 is 0 Å². The lowest BCUT2D eigenvalue weighted by Crippen LogP contribution is -2.48. The van der Waals surface area contributed by atoms with Crippen LogP contribution >= 0.6 is 23.1 Å². The highest BCUT2D eigenvalue weighted by Crippen LogP contribution is 2.33. The fourth-order valence-electron chi connectivity index (χ4n) is 3.56. The number of rotatable bonds is 4. The molecular weight excluding hydrogens is 418 g/mol. The molecule has 0 bridgehead atoms. The van der Waals surface area contributed by atoms with E-state index in [9.17, 15) is 4.79 Å². The summed E-state index contributed by atoms with van der Waals surface area (Å²) in [5.74, 6) is 1.49. The Labute approximate surface area is 183 Å². The maximum Gasteiger partial charge on any atom is 0.246 e. The lowest BCUT2D eigenvalue weighted by atomic mass is 10.2. The van der Waals surface area contributed by atoms with Gasteiger partial charge in [0.05, 0.1) is 10.2 Å². The summed E-state index contributed by atoms with van der Waals surface area (Å²) >= 11 is 3.46. The van der Waals surface area contributed by atoms with Crippen LogP contribution in [-0.2, 0) is 4.79 Å². The van der Waals surface area contributed by atoms with Gasteiger partial charge in [-0.15, -0.1) is 11.8 Å². The van der Waals surface area contributed by atoms with Crippen molar-refractivity contribution in [2.45, 2.75) is 4.90 Å². The number of nitrogens with zero attached hydrogens (tertiary/aromatic N) is 3. The molecule has 1 saturated heterocycles. The lowest BCUT2D eigenvalue weighted by molar-refractivity contribution is -0.126. The van der Waals surface area contributed by atoms with Crippen LogP contribution in [0.25, 0.3) is 16.3 Å². The lowest BCUT2D eigenvalue weighted by Gasteiger charge is -2.34. The summed E-state index contributed by atoms with van der Waals surface area (Å²) in [7, 11) is 0. The van der Waals surface area contributed by atoms with Crippen LogP contribution in [0.2, 0.25) is 0 Å². The number of carbonyl (C=O) groups is 1. The van der Waals surface area contributed by atoms with E-state index in [-0.39, 0.29) is 12.7 Å². The van der Waals surface area contributed by atoms with E-state index in [1.807, 2.05) is 29.2 Å². The maximum atomic E-state index is 12.6. The Morgan fingerprint density at radius 2 is 1.93 bits per heavy atom. The van der Waals surface area contributed by atoms with Crippen molar-refractivity contribution in [1.82, 2.24) is 9.88 Å². The quantitative estimate of drug-likeness (QED) is 0.451. The fourth-order valence-corrected chi connectivity index (χ4v) is 5.13. The highest BCUT2D eigenvalue weighted by Gasteiger charge is 2.22. The number of hydrogen-bond acceptors (Lipinski definition) is 7. The Hall–Kier alpha value is -2.71. The fraction of sp³-hybridized carbons (Fsp3) is 0.273. The van der Waals surface area contributed by atoms with Gasteiger partial charge in [-0.2, -0.15) is 0 Å². The number of piperazine rings is 1. The standard InChI is InChI=1S/C22H21N3O3S2/c1-29-16-4-5-17-20(13-16)30-22(23-17)25-10-8-24(9-11-25)21(26)7-3-15-2-6-18-19(12-15)28-14-27-18/h2-7,12-13H,8-11,14H2,1H3/b7-3-. The predicted octanol–water partition coefficient (Wildman–Crippen LogP) is 4.11. The molecule has 3 heterocycles. The van der Waals surface area contributed by atoms with E-state index in [2.05, 4.69) is 29.4 Å². The molecule has 0 unspecified atom stereocenters. The normalized spacial score (nSPS) is 16.0. The van der Waals surface area contributed by atoms with Crippen LogP contribution in [0.3, 0.4) is 0 Å². The molecule has 0 N–H and O–H groups in total. The number of hydrogen-bond donors (Lipinski definition) is 0. The van der Waals surface area contributed by atoms with Crippen LogP contribution < -0.4 is 14.4 Å². The Bertz CT molecular complexity index is 1120. The molecule has 1 aromatic heterocycles. The molecule has 3 aromatic rings. The van der Waals surface area contributed by atoms with Crippen LogP contribution in [0.5, 0.6) is 11.5 Å². The van der Waals surface area contributed by atoms with Crippen molar-refractivity contribution in [3.05, 3.63) is 48.0 Å². The average molecular weight is 440 g/mol. The first kappa shape index (κ1) is 19.3. The third-order valence-electron chi connectivity index (χ3n) is 5.26. The molecule has 1 fully saturated rings. The Morgan fingerprint density at radius 3 is 2.77 bits per heavy atom. The van der Waals surface area contributed by atoms with E-state index in [1.54, 1.807) is 29.2 Å². The second-order valence-corrected chi connectivity index (χ2v) is 8.98. The molecule has 2 aromatic carbocycles. The molecule has 0 radical (unpaired) electrons. The van der Waals surface area contributed by atoms with Gasteiger partial charge in [0.25, 0.3) is 0 Å². The zero-order chi connectivity index (χ0) is 20.5. The molecule has 1 amide bonds. The minimum Gasteiger partial charge on any atom is -0.454 e. The van der Waals surface area contributed by atoms with E-state index < -0.39 is 0 Å². The zero-order valence-electron chi connectivity index (χ0n) is 16.5. The van der Waals surface area contributed by atoms with Gasteiger partial charge in [0.15, 0.2) is 16.6 Å². The number of carbonyl (C=O) groups excluding carboxylic acids is 1. The molecule has 8 heteroatoms. The van der Waals surface area contributed by atoms with Crippen molar-refractivity contribution in [2.24, 2.45) is 0 Å². The molecule has 30 heavy (non-hydrogen) atoms. The first-order valence-electron chi connectivity index (χ1n) is 9.76. The number of amides is 1. The van der Waals surface area contributed by atoms with E-state index in [0.29, 0.717) is 13.1 Å². The van der Waals surface area contributed by atoms with Gasteiger partial charge in [0.2, 0.25) is 12.7 Å². The van der Waals surface area contributed by atoms with Gasteiger partial charge in [0, 0.05) is 37.2 Å². The average Bonchev–Trinajstić information content (AvgIpc) is 3.43. The van der Waals surface area contributed by atoms with Crippen molar-refractivity contribution in [1.29, 1.82) is 0 Å². The summed E-state index contributed by atoms with van der Waals surface area (Å²) in [5, 5.41) is 1.03. The van der Waals surface area contributed by atoms with E-state index in [4.69, 9.17) is 14.5 Å². The highest BCUT2D eigenvalue weighted by molar-refractivity contribution is 7.98. The first-order valence-corrected chi connectivity index (χ1v) is 11.8. The molecule has 2 aliphatic heterocycles. The van der Waals surface area contributed by atoms with Gasteiger partial charge < -0.3 is 19.3 Å².